The lowest BCUT2D eigenvalue weighted by Gasteiger charge is -2.14. The minimum absolute atomic E-state index is 0.0903. The zero-order chi connectivity index (χ0) is 17.3. The summed E-state index contributed by atoms with van der Waals surface area (Å²) in [4.78, 5) is 23.9. The van der Waals surface area contributed by atoms with Gasteiger partial charge in [0.15, 0.2) is 11.9 Å². The molecule has 0 unspecified atom stereocenters. The molecule has 0 saturated heterocycles. The van der Waals surface area contributed by atoms with Gasteiger partial charge >= 0.3 is 5.97 Å². The largest absolute Gasteiger partial charge is 0.479 e. The second-order valence-corrected chi connectivity index (χ2v) is 5.55. The van der Waals surface area contributed by atoms with Crippen molar-refractivity contribution in [3.63, 3.8) is 0 Å². The van der Waals surface area contributed by atoms with Gasteiger partial charge in [0.2, 0.25) is 11.2 Å². The number of aryl methyl sites for hydroxylation is 1. The quantitative estimate of drug-likeness (QED) is 0.793. The molecule has 1 atom stereocenters. The summed E-state index contributed by atoms with van der Waals surface area (Å²) in [6, 6.07) is 14.2. The molecule has 5 heteroatoms. The Morgan fingerprint density at radius 3 is 2.54 bits per heavy atom. The molecule has 0 amide bonds. The van der Waals surface area contributed by atoms with E-state index in [9.17, 15) is 9.59 Å². The summed E-state index contributed by atoms with van der Waals surface area (Å²) >= 11 is 0. The maximum Gasteiger partial charge on any atom is 0.344 e. The van der Waals surface area contributed by atoms with E-state index in [4.69, 9.17) is 14.3 Å². The summed E-state index contributed by atoms with van der Waals surface area (Å²) in [6.45, 7) is 3.27. The van der Waals surface area contributed by atoms with Crippen LogP contribution in [-0.2, 0) is 4.79 Å². The van der Waals surface area contributed by atoms with Crippen molar-refractivity contribution in [2.75, 3.05) is 0 Å². The fourth-order valence-corrected chi connectivity index (χ4v) is 2.40. The zero-order valence-electron chi connectivity index (χ0n) is 13.3. The normalized spacial score (nSPS) is 12.1. The molecule has 1 N–H and O–H groups in total. The van der Waals surface area contributed by atoms with Crippen LogP contribution in [0.1, 0.15) is 12.5 Å². The van der Waals surface area contributed by atoms with Crippen molar-refractivity contribution < 1.29 is 19.1 Å². The molecule has 0 aliphatic rings. The Labute approximate surface area is 138 Å². The van der Waals surface area contributed by atoms with Crippen molar-refractivity contribution in [2.24, 2.45) is 0 Å². The summed E-state index contributed by atoms with van der Waals surface area (Å²) in [7, 11) is 0. The van der Waals surface area contributed by atoms with E-state index in [1.165, 1.54) is 6.92 Å². The number of ether oxygens (including phenoxy) is 1. The van der Waals surface area contributed by atoms with E-state index < -0.39 is 12.1 Å². The molecule has 1 heterocycles. The van der Waals surface area contributed by atoms with Crippen LogP contribution in [-0.4, -0.2) is 17.2 Å². The average Bonchev–Trinajstić information content (AvgIpc) is 2.57. The third-order valence-electron chi connectivity index (χ3n) is 3.68. The van der Waals surface area contributed by atoms with Crippen molar-refractivity contribution in [2.45, 2.75) is 20.0 Å². The van der Waals surface area contributed by atoms with Crippen molar-refractivity contribution in [1.29, 1.82) is 0 Å². The van der Waals surface area contributed by atoms with E-state index in [1.54, 1.807) is 42.5 Å². The molecule has 5 nitrogen and oxygen atoms in total. The van der Waals surface area contributed by atoms with Gasteiger partial charge in [0.1, 0.15) is 5.58 Å². The van der Waals surface area contributed by atoms with Crippen molar-refractivity contribution in [3.05, 3.63) is 64.3 Å². The fraction of sp³-hybridized carbons (Fsp3) is 0.158. The van der Waals surface area contributed by atoms with Crippen LogP contribution in [0, 0.1) is 6.92 Å². The molecule has 0 spiro atoms. The Bertz CT molecular complexity index is 957. The molecule has 0 fully saturated rings. The first-order valence-electron chi connectivity index (χ1n) is 7.49. The summed E-state index contributed by atoms with van der Waals surface area (Å²) in [6.07, 6.45) is -1.17. The number of carboxylic acids is 1. The second kappa shape index (κ2) is 6.20. The molecule has 2 aromatic carbocycles. The number of hydrogen-bond donors (Lipinski definition) is 1. The highest BCUT2D eigenvalue weighted by Gasteiger charge is 2.22. The molecule has 0 radical (unpaired) electrons. The number of carbonyl (C=O) groups is 1. The van der Waals surface area contributed by atoms with Crippen LogP contribution in [0.3, 0.4) is 0 Å². The van der Waals surface area contributed by atoms with Crippen LogP contribution in [0.2, 0.25) is 0 Å². The monoisotopic (exact) mass is 324 g/mol. The van der Waals surface area contributed by atoms with Gasteiger partial charge in [0, 0.05) is 5.56 Å². The molecule has 0 bridgehead atoms. The van der Waals surface area contributed by atoms with Gasteiger partial charge in [-0.05, 0) is 31.5 Å². The van der Waals surface area contributed by atoms with Gasteiger partial charge < -0.3 is 14.3 Å². The molecule has 1 aromatic heterocycles. The van der Waals surface area contributed by atoms with Crippen LogP contribution < -0.4 is 10.2 Å². The minimum atomic E-state index is -1.17. The lowest BCUT2D eigenvalue weighted by Crippen LogP contribution is -2.26. The molecule has 24 heavy (non-hydrogen) atoms. The van der Waals surface area contributed by atoms with Gasteiger partial charge in [-0.25, -0.2) is 4.79 Å². The van der Waals surface area contributed by atoms with E-state index in [0.29, 0.717) is 16.5 Å². The number of hydrogen-bond acceptors (Lipinski definition) is 4. The molecule has 122 valence electrons. The van der Waals surface area contributed by atoms with Crippen molar-refractivity contribution in [1.82, 2.24) is 0 Å². The molecule has 0 saturated carbocycles. The second-order valence-electron chi connectivity index (χ2n) is 5.55. The predicted octanol–water partition coefficient (Wildman–Crippen LogP) is 3.62. The highest BCUT2D eigenvalue weighted by molar-refractivity contribution is 5.83. The highest BCUT2D eigenvalue weighted by atomic mass is 16.5. The van der Waals surface area contributed by atoms with Crippen LogP contribution in [0.25, 0.3) is 22.3 Å². The van der Waals surface area contributed by atoms with E-state index in [-0.39, 0.29) is 16.9 Å². The van der Waals surface area contributed by atoms with Gasteiger partial charge in [0.05, 0.1) is 5.39 Å². The molecule has 0 aliphatic carbocycles. The number of aliphatic carboxylic acids is 1. The SMILES string of the molecule is Cc1ccc2c(=O)c(O[C@H](C)C(=O)O)c(-c3ccccc3)oc2c1. The first-order chi connectivity index (χ1) is 11.5. The number of fused-ring (bicyclic) bond motifs is 1. The van der Waals surface area contributed by atoms with E-state index in [2.05, 4.69) is 0 Å². The fourth-order valence-electron chi connectivity index (χ4n) is 2.40. The molecular formula is C19H16O5. The summed E-state index contributed by atoms with van der Waals surface area (Å²) in [5.74, 6) is -1.02. The third-order valence-corrected chi connectivity index (χ3v) is 3.68. The van der Waals surface area contributed by atoms with Gasteiger partial charge in [0.25, 0.3) is 0 Å². The Morgan fingerprint density at radius 2 is 1.88 bits per heavy atom. The van der Waals surface area contributed by atoms with E-state index >= 15 is 0 Å². The van der Waals surface area contributed by atoms with Gasteiger partial charge in [-0.15, -0.1) is 0 Å². The van der Waals surface area contributed by atoms with Crippen LogP contribution in [0.4, 0.5) is 0 Å². The maximum atomic E-state index is 12.8. The Balaban J connectivity index is 2.29. The predicted molar refractivity (Wildman–Crippen MR) is 90.4 cm³/mol. The lowest BCUT2D eigenvalue weighted by molar-refractivity contribution is -0.144. The van der Waals surface area contributed by atoms with Crippen LogP contribution in [0.5, 0.6) is 5.75 Å². The van der Waals surface area contributed by atoms with Crippen molar-refractivity contribution >= 4 is 16.9 Å². The maximum absolute atomic E-state index is 12.8. The lowest BCUT2D eigenvalue weighted by atomic mass is 10.1. The topological polar surface area (TPSA) is 76.7 Å². The van der Waals surface area contributed by atoms with Gasteiger partial charge in [-0.1, -0.05) is 36.4 Å². The summed E-state index contributed by atoms with van der Waals surface area (Å²) in [5.41, 5.74) is 1.65. The minimum Gasteiger partial charge on any atom is -0.479 e. The van der Waals surface area contributed by atoms with Crippen LogP contribution >= 0.6 is 0 Å². The van der Waals surface area contributed by atoms with Crippen LogP contribution in [0.15, 0.2) is 57.7 Å². The average molecular weight is 324 g/mol. The number of carboxylic acid groups (broad SMARTS) is 1. The molecule has 3 rings (SSSR count). The standard InChI is InChI=1S/C19H16O5/c1-11-8-9-14-15(10-11)24-17(13-6-4-3-5-7-13)18(16(14)20)23-12(2)19(21)22/h3-10,12H,1-2H3,(H,21,22)/t12-/m1/s1. The highest BCUT2D eigenvalue weighted by Crippen LogP contribution is 2.31. The Kier molecular flexibility index (Phi) is 4.08. The molecule has 3 aromatic rings. The summed E-state index contributed by atoms with van der Waals surface area (Å²) < 4.78 is 11.3. The number of rotatable bonds is 4. The van der Waals surface area contributed by atoms with E-state index in [1.807, 2.05) is 13.0 Å². The Morgan fingerprint density at radius 1 is 1.17 bits per heavy atom. The number of benzene rings is 2. The Hall–Kier alpha value is -3.08. The first-order valence-corrected chi connectivity index (χ1v) is 7.49. The smallest absolute Gasteiger partial charge is 0.344 e. The zero-order valence-corrected chi connectivity index (χ0v) is 13.3. The van der Waals surface area contributed by atoms with Crippen molar-refractivity contribution in [3.8, 4) is 17.1 Å². The molecule has 0 aliphatic heterocycles. The van der Waals surface area contributed by atoms with E-state index in [0.717, 1.165) is 5.56 Å². The molecular weight excluding hydrogens is 308 g/mol. The summed E-state index contributed by atoms with van der Waals surface area (Å²) in [5, 5.41) is 9.44. The van der Waals surface area contributed by atoms with Gasteiger partial charge in [-0.2, -0.15) is 0 Å². The third kappa shape index (κ3) is 2.88. The first kappa shape index (κ1) is 15.8. The van der Waals surface area contributed by atoms with Gasteiger partial charge in [-0.3, -0.25) is 4.79 Å².